The lowest BCUT2D eigenvalue weighted by Gasteiger charge is -2.33. The molecule has 0 radical (unpaired) electrons. The number of thiocarbonyl (C=S) groups is 1. The standard InChI is InChI=1S/C13H22N4OS/c1-5-13(6-2,11(14)19)12(18)16(3)8-10-7-15-17(4)9-10/h7,9H,5-6,8H2,1-4H3,(H2,14,19). The minimum absolute atomic E-state index is 0.0196. The van der Waals surface area contributed by atoms with Crippen LogP contribution in [0.5, 0.6) is 0 Å². The summed E-state index contributed by atoms with van der Waals surface area (Å²) in [6, 6.07) is 0. The van der Waals surface area contributed by atoms with Gasteiger partial charge in [0.1, 0.15) is 0 Å². The molecule has 1 aromatic rings. The van der Waals surface area contributed by atoms with Crippen molar-refractivity contribution in [3.8, 4) is 0 Å². The van der Waals surface area contributed by atoms with Crippen LogP contribution >= 0.6 is 12.2 Å². The molecule has 1 aromatic heterocycles. The number of aromatic nitrogens is 2. The normalized spacial score (nSPS) is 11.4. The van der Waals surface area contributed by atoms with Gasteiger partial charge in [-0.3, -0.25) is 9.48 Å². The molecule has 0 atom stereocenters. The van der Waals surface area contributed by atoms with E-state index in [0.717, 1.165) is 5.56 Å². The Morgan fingerprint density at radius 3 is 2.47 bits per heavy atom. The number of carbonyl (C=O) groups is 1. The van der Waals surface area contributed by atoms with Crippen molar-refractivity contribution in [1.82, 2.24) is 14.7 Å². The molecule has 1 heterocycles. The van der Waals surface area contributed by atoms with Crippen LogP contribution in [0, 0.1) is 5.41 Å². The monoisotopic (exact) mass is 282 g/mol. The van der Waals surface area contributed by atoms with E-state index in [1.807, 2.05) is 27.1 Å². The summed E-state index contributed by atoms with van der Waals surface area (Å²) in [5, 5.41) is 4.09. The van der Waals surface area contributed by atoms with Crippen LogP contribution in [0.25, 0.3) is 0 Å². The highest BCUT2D eigenvalue weighted by Gasteiger charge is 2.39. The van der Waals surface area contributed by atoms with Gasteiger partial charge >= 0.3 is 0 Å². The lowest BCUT2D eigenvalue weighted by molar-refractivity contribution is -0.137. The Morgan fingerprint density at radius 1 is 1.53 bits per heavy atom. The quantitative estimate of drug-likeness (QED) is 0.803. The smallest absolute Gasteiger partial charge is 0.235 e. The van der Waals surface area contributed by atoms with Gasteiger partial charge in [0.2, 0.25) is 5.91 Å². The first-order valence-corrected chi connectivity index (χ1v) is 6.81. The molecule has 0 aliphatic heterocycles. The molecule has 106 valence electrons. The number of rotatable bonds is 6. The number of nitrogens with two attached hydrogens (primary N) is 1. The molecule has 0 fully saturated rings. The van der Waals surface area contributed by atoms with Gasteiger partial charge in [0.25, 0.3) is 0 Å². The summed E-state index contributed by atoms with van der Waals surface area (Å²) in [7, 11) is 3.62. The second kappa shape index (κ2) is 6.14. The predicted molar refractivity (Wildman–Crippen MR) is 79.5 cm³/mol. The topological polar surface area (TPSA) is 64.2 Å². The van der Waals surface area contributed by atoms with Gasteiger partial charge in [-0.25, -0.2) is 0 Å². The van der Waals surface area contributed by atoms with Crippen LogP contribution in [0.3, 0.4) is 0 Å². The summed E-state index contributed by atoms with van der Waals surface area (Å²) in [6.07, 6.45) is 4.89. The Kier molecular flexibility index (Phi) is 5.05. The van der Waals surface area contributed by atoms with Crippen LogP contribution in [0.2, 0.25) is 0 Å². The highest BCUT2D eigenvalue weighted by molar-refractivity contribution is 7.80. The van der Waals surface area contributed by atoms with Crippen LogP contribution in [-0.4, -0.2) is 32.6 Å². The maximum Gasteiger partial charge on any atom is 0.235 e. The molecule has 0 aliphatic rings. The lowest BCUT2D eigenvalue weighted by atomic mass is 9.80. The van der Waals surface area contributed by atoms with Crippen molar-refractivity contribution in [2.75, 3.05) is 7.05 Å². The highest BCUT2D eigenvalue weighted by atomic mass is 32.1. The molecule has 1 amide bonds. The van der Waals surface area contributed by atoms with E-state index in [4.69, 9.17) is 18.0 Å². The van der Waals surface area contributed by atoms with Crippen LogP contribution in [0.4, 0.5) is 0 Å². The third-order valence-electron chi connectivity index (χ3n) is 3.61. The Hall–Kier alpha value is -1.43. The molecule has 19 heavy (non-hydrogen) atoms. The van der Waals surface area contributed by atoms with Crippen molar-refractivity contribution in [2.45, 2.75) is 33.2 Å². The van der Waals surface area contributed by atoms with Crippen LogP contribution in [-0.2, 0) is 18.4 Å². The molecule has 0 bridgehead atoms. The molecule has 1 rings (SSSR count). The molecule has 2 N–H and O–H groups in total. The van der Waals surface area contributed by atoms with E-state index >= 15 is 0 Å². The van der Waals surface area contributed by atoms with Crippen LogP contribution < -0.4 is 5.73 Å². The Morgan fingerprint density at radius 2 is 2.11 bits per heavy atom. The van der Waals surface area contributed by atoms with Gasteiger partial charge in [0, 0.05) is 32.4 Å². The van der Waals surface area contributed by atoms with Crippen molar-refractivity contribution in [3.63, 3.8) is 0 Å². The number of hydrogen-bond acceptors (Lipinski definition) is 3. The predicted octanol–water partition coefficient (Wildman–Crippen LogP) is 1.47. The van der Waals surface area contributed by atoms with E-state index in [1.54, 1.807) is 22.8 Å². The zero-order chi connectivity index (χ0) is 14.6. The molecule has 5 nitrogen and oxygen atoms in total. The minimum Gasteiger partial charge on any atom is -0.392 e. The van der Waals surface area contributed by atoms with Gasteiger partial charge in [-0.05, 0) is 12.8 Å². The number of nitrogens with zero attached hydrogens (tertiary/aromatic N) is 3. The fourth-order valence-electron chi connectivity index (χ4n) is 2.27. The average Bonchev–Trinajstić information content (AvgIpc) is 2.76. The maximum atomic E-state index is 12.6. The molecule has 0 aliphatic carbocycles. The zero-order valence-corrected chi connectivity index (χ0v) is 12.8. The maximum absolute atomic E-state index is 12.6. The summed E-state index contributed by atoms with van der Waals surface area (Å²) >= 11 is 5.11. The van der Waals surface area contributed by atoms with Gasteiger partial charge in [0.15, 0.2) is 0 Å². The molecule has 0 aromatic carbocycles. The first kappa shape index (κ1) is 15.6. The van der Waals surface area contributed by atoms with Crippen molar-refractivity contribution in [1.29, 1.82) is 0 Å². The molecule has 0 spiro atoms. The SMILES string of the molecule is CCC(CC)(C(=O)N(C)Cc1cnn(C)c1)C(N)=S. The Balaban J connectivity index is 2.88. The van der Waals surface area contributed by atoms with Gasteiger partial charge in [-0.15, -0.1) is 0 Å². The van der Waals surface area contributed by atoms with E-state index in [0.29, 0.717) is 19.4 Å². The van der Waals surface area contributed by atoms with Crippen LogP contribution in [0.1, 0.15) is 32.3 Å². The molecular weight excluding hydrogens is 260 g/mol. The lowest BCUT2D eigenvalue weighted by Crippen LogP contribution is -2.48. The number of hydrogen-bond donors (Lipinski definition) is 1. The van der Waals surface area contributed by atoms with Crippen molar-refractivity contribution in [2.24, 2.45) is 18.2 Å². The molecular formula is C13H22N4OS. The molecule has 0 saturated carbocycles. The number of aryl methyl sites for hydroxylation is 1. The summed E-state index contributed by atoms with van der Waals surface area (Å²) in [4.78, 5) is 14.6. The van der Waals surface area contributed by atoms with E-state index in [1.165, 1.54) is 0 Å². The largest absolute Gasteiger partial charge is 0.392 e. The van der Waals surface area contributed by atoms with Gasteiger partial charge in [-0.2, -0.15) is 5.10 Å². The summed E-state index contributed by atoms with van der Waals surface area (Å²) in [6.45, 7) is 4.40. The number of carbonyl (C=O) groups excluding carboxylic acids is 1. The first-order chi connectivity index (χ1) is 8.87. The van der Waals surface area contributed by atoms with E-state index in [2.05, 4.69) is 5.10 Å². The highest BCUT2D eigenvalue weighted by Crippen LogP contribution is 2.29. The van der Waals surface area contributed by atoms with Crippen molar-refractivity contribution in [3.05, 3.63) is 18.0 Å². The summed E-state index contributed by atoms with van der Waals surface area (Å²) in [5.74, 6) is -0.0196. The van der Waals surface area contributed by atoms with E-state index in [9.17, 15) is 4.79 Å². The molecule has 6 heteroatoms. The third kappa shape index (κ3) is 3.12. The summed E-state index contributed by atoms with van der Waals surface area (Å²) in [5.41, 5.74) is 6.05. The average molecular weight is 282 g/mol. The van der Waals surface area contributed by atoms with Crippen LogP contribution in [0.15, 0.2) is 12.4 Å². The fraction of sp³-hybridized carbons (Fsp3) is 0.615. The third-order valence-corrected chi connectivity index (χ3v) is 4.00. The van der Waals surface area contributed by atoms with Crippen molar-refractivity contribution >= 4 is 23.1 Å². The second-order valence-corrected chi connectivity index (χ2v) is 5.28. The van der Waals surface area contributed by atoms with Gasteiger partial charge < -0.3 is 10.6 Å². The van der Waals surface area contributed by atoms with Gasteiger partial charge in [0.05, 0.1) is 16.6 Å². The van der Waals surface area contributed by atoms with Gasteiger partial charge in [-0.1, -0.05) is 26.1 Å². The van der Waals surface area contributed by atoms with Crippen molar-refractivity contribution < 1.29 is 4.79 Å². The van der Waals surface area contributed by atoms with E-state index in [-0.39, 0.29) is 10.9 Å². The molecule has 0 unspecified atom stereocenters. The Bertz CT molecular complexity index is 465. The Labute approximate surface area is 119 Å². The number of amides is 1. The minimum atomic E-state index is -0.730. The second-order valence-electron chi connectivity index (χ2n) is 4.84. The summed E-state index contributed by atoms with van der Waals surface area (Å²) < 4.78 is 1.72. The molecule has 0 saturated heterocycles. The fourth-order valence-corrected chi connectivity index (χ4v) is 2.65. The first-order valence-electron chi connectivity index (χ1n) is 6.40. The van der Waals surface area contributed by atoms with E-state index < -0.39 is 5.41 Å². The zero-order valence-electron chi connectivity index (χ0n) is 12.0.